The number of aryl methyl sites for hydroxylation is 3. The van der Waals surface area contributed by atoms with Crippen LogP contribution in [0.4, 0.5) is 0 Å². The highest BCUT2D eigenvalue weighted by atomic mass is 16.5. The quantitative estimate of drug-likeness (QED) is 0.723. The number of nitrogens with one attached hydrogen (secondary N) is 1. The second kappa shape index (κ2) is 7.06. The molecule has 1 N–H and O–H groups in total. The number of carbonyl (C=O) groups excluding carboxylic acids is 1. The maximum absolute atomic E-state index is 11.5. The molecule has 0 spiro atoms. The van der Waals surface area contributed by atoms with Gasteiger partial charge in [-0.1, -0.05) is 0 Å². The Bertz CT molecular complexity index is 361. The molecule has 0 fully saturated rings. The van der Waals surface area contributed by atoms with Gasteiger partial charge in [-0.25, -0.2) is 0 Å². The van der Waals surface area contributed by atoms with Gasteiger partial charge in [0.2, 0.25) is 5.91 Å². The van der Waals surface area contributed by atoms with E-state index in [1.54, 1.807) is 7.11 Å². The predicted molar refractivity (Wildman–Crippen MR) is 65.8 cm³/mol. The van der Waals surface area contributed by atoms with Gasteiger partial charge in [-0.15, -0.1) is 0 Å². The molecule has 0 aromatic carbocycles. The van der Waals surface area contributed by atoms with Gasteiger partial charge in [-0.05, 0) is 26.3 Å². The standard InChI is InChI=1S/C12H21N3O2/c1-10-9-11(2)15(14-10)7-5-12(16)13-6-4-8-17-3/h9H,4-8H2,1-3H3,(H,13,16). The summed E-state index contributed by atoms with van der Waals surface area (Å²) in [5, 5.41) is 7.16. The minimum atomic E-state index is 0.0636. The SMILES string of the molecule is COCCCNC(=O)CCn1nc(C)cc1C. The fourth-order valence-corrected chi connectivity index (χ4v) is 1.64. The Balaban J connectivity index is 2.21. The molecule has 17 heavy (non-hydrogen) atoms. The molecule has 0 saturated carbocycles. The Morgan fingerprint density at radius 2 is 2.29 bits per heavy atom. The van der Waals surface area contributed by atoms with Crippen LogP contribution in [0.2, 0.25) is 0 Å². The molecule has 1 rings (SSSR count). The average molecular weight is 239 g/mol. The van der Waals surface area contributed by atoms with E-state index in [2.05, 4.69) is 10.4 Å². The van der Waals surface area contributed by atoms with E-state index < -0.39 is 0 Å². The number of hydrogen-bond donors (Lipinski definition) is 1. The number of ether oxygens (including phenoxy) is 1. The molecular weight excluding hydrogens is 218 g/mol. The third-order valence-corrected chi connectivity index (χ3v) is 2.50. The maximum atomic E-state index is 11.5. The second-order valence-electron chi connectivity index (χ2n) is 4.10. The molecular formula is C12H21N3O2. The Morgan fingerprint density at radius 1 is 1.53 bits per heavy atom. The van der Waals surface area contributed by atoms with Crippen LogP contribution >= 0.6 is 0 Å². The summed E-state index contributed by atoms with van der Waals surface area (Å²) < 4.78 is 6.77. The minimum Gasteiger partial charge on any atom is -0.385 e. The van der Waals surface area contributed by atoms with Gasteiger partial charge in [0.05, 0.1) is 5.69 Å². The molecule has 1 aromatic heterocycles. The summed E-state index contributed by atoms with van der Waals surface area (Å²) in [6.07, 6.45) is 1.32. The predicted octanol–water partition coefficient (Wildman–Crippen LogP) is 1.04. The molecule has 5 heteroatoms. The number of methoxy groups -OCH3 is 1. The van der Waals surface area contributed by atoms with Gasteiger partial charge in [-0.2, -0.15) is 5.10 Å². The number of aromatic nitrogens is 2. The van der Waals surface area contributed by atoms with Gasteiger partial charge in [0.25, 0.3) is 0 Å². The van der Waals surface area contributed by atoms with Crippen molar-refractivity contribution in [2.45, 2.75) is 33.2 Å². The van der Waals surface area contributed by atoms with Gasteiger partial charge in [0.1, 0.15) is 0 Å². The number of carbonyl (C=O) groups is 1. The van der Waals surface area contributed by atoms with Crippen molar-refractivity contribution in [3.8, 4) is 0 Å². The van der Waals surface area contributed by atoms with Gasteiger partial charge in [-0.3, -0.25) is 9.48 Å². The summed E-state index contributed by atoms with van der Waals surface area (Å²) in [6, 6.07) is 2.01. The van der Waals surface area contributed by atoms with E-state index >= 15 is 0 Å². The van der Waals surface area contributed by atoms with Crippen molar-refractivity contribution < 1.29 is 9.53 Å². The maximum Gasteiger partial charge on any atom is 0.221 e. The smallest absolute Gasteiger partial charge is 0.221 e. The van der Waals surface area contributed by atoms with Crippen LogP contribution in [0.25, 0.3) is 0 Å². The molecule has 0 radical (unpaired) electrons. The Labute approximate surface area is 102 Å². The van der Waals surface area contributed by atoms with Crippen LogP contribution in [-0.2, 0) is 16.1 Å². The Kier molecular flexibility index (Phi) is 5.69. The van der Waals surface area contributed by atoms with E-state index in [4.69, 9.17) is 4.74 Å². The molecule has 0 aliphatic carbocycles. The summed E-state index contributed by atoms with van der Waals surface area (Å²) >= 11 is 0. The highest BCUT2D eigenvalue weighted by Gasteiger charge is 2.04. The van der Waals surface area contributed by atoms with E-state index in [0.29, 0.717) is 26.1 Å². The van der Waals surface area contributed by atoms with Crippen molar-refractivity contribution in [3.63, 3.8) is 0 Å². The zero-order chi connectivity index (χ0) is 12.7. The number of rotatable bonds is 7. The first-order valence-corrected chi connectivity index (χ1v) is 5.90. The van der Waals surface area contributed by atoms with Crippen LogP contribution in [-0.4, -0.2) is 35.9 Å². The molecule has 96 valence electrons. The summed E-state index contributed by atoms with van der Waals surface area (Å²) in [5.74, 6) is 0.0636. The highest BCUT2D eigenvalue weighted by Crippen LogP contribution is 2.02. The monoisotopic (exact) mass is 239 g/mol. The zero-order valence-corrected chi connectivity index (χ0v) is 10.8. The van der Waals surface area contributed by atoms with Crippen molar-refractivity contribution in [1.29, 1.82) is 0 Å². The molecule has 0 aliphatic heterocycles. The number of amides is 1. The molecule has 5 nitrogen and oxygen atoms in total. The topological polar surface area (TPSA) is 56.1 Å². The Hall–Kier alpha value is -1.36. The fourth-order valence-electron chi connectivity index (χ4n) is 1.64. The normalized spacial score (nSPS) is 10.5. The summed E-state index contributed by atoms with van der Waals surface area (Å²) in [7, 11) is 1.66. The number of nitrogens with zero attached hydrogens (tertiary/aromatic N) is 2. The third-order valence-electron chi connectivity index (χ3n) is 2.50. The van der Waals surface area contributed by atoms with Crippen molar-refractivity contribution >= 4 is 5.91 Å². The van der Waals surface area contributed by atoms with Crippen molar-refractivity contribution in [2.75, 3.05) is 20.3 Å². The van der Waals surface area contributed by atoms with Crippen LogP contribution in [0.3, 0.4) is 0 Å². The molecule has 1 heterocycles. The van der Waals surface area contributed by atoms with Gasteiger partial charge >= 0.3 is 0 Å². The second-order valence-corrected chi connectivity index (χ2v) is 4.10. The van der Waals surface area contributed by atoms with Crippen molar-refractivity contribution in [2.24, 2.45) is 0 Å². The van der Waals surface area contributed by atoms with Gasteiger partial charge < -0.3 is 10.1 Å². The lowest BCUT2D eigenvalue weighted by molar-refractivity contribution is -0.121. The Morgan fingerprint density at radius 3 is 2.88 bits per heavy atom. The van der Waals surface area contributed by atoms with E-state index in [-0.39, 0.29) is 5.91 Å². The molecule has 1 amide bonds. The van der Waals surface area contributed by atoms with Crippen LogP contribution in [0.5, 0.6) is 0 Å². The lowest BCUT2D eigenvalue weighted by Gasteiger charge is -2.06. The molecule has 0 unspecified atom stereocenters. The van der Waals surface area contributed by atoms with E-state index in [1.807, 2.05) is 24.6 Å². The van der Waals surface area contributed by atoms with Crippen LogP contribution in [0.15, 0.2) is 6.07 Å². The fraction of sp³-hybridized carbons (Fsp3) is 0.667. The van der Waals surface area contributed by atoms with Crippen molar-refractivity contribution in [1.82, 2.24) is 15.1 Å². The first kappa shape index (κ1) is 13.7. The first-order valence-electron chi connectivity index (χ1n) is 5.90. The van der Waals surface area contributed by atoms with Crippen LogP contribution < -0.4 is 5.32 Å². The zero-order valence-electron chi connectivity index (χ0n) is 10.8. The first-order chi connectivity index (χ1) is 8.13. The lowest BCUT2D eigenvalue weighted by atomic mass is 10.3. The van der Waals surface area contributed by atoms with Crippen LogP contribution in [0, 0.1) is 13.8 Å². The molecule has 0 aliphatic rings. The third kappa shape index (κ3) is 4.99. The lowest BCUT2D eigenvalue weighted by Crippen LogP contribution is -2.26. The van der Waals surface area contributed by atoms with E-state index in [1.165, 1.54) is 0 Å². The number of hydrogen-bond acceptors (Lipinski definition) is 3. The molecule has 0 atom stereocenters. The average Bonchev–Trinajstić information content (AvgIpc) is 2.61. The molecule has 1 aromatic rings. The van der Waals surface area contributed by atoms with E-state index in [9.17, 15) is 4.79 Å². The van der Waals surface area contributed by atoms with Crippen LogP contribution in [0.1, 0.15) is 24.2 Å². The van der Waals surface area contributed by atoms with Gasteiger partial charge in [0.15, 0.2) is 0 Å². The summed E-state index contributed by atoms with van der Waals surface area (Å²) in [6.45, 7) is 5.93. The largest absolute Gasteiger partial charge is 0.385 e. The molecule has 0 saturated heterocycles. The van der Waals surface area contributed by atoms with Crippen molar-refractivity contribution in [3.05, 3.63) is 17.5 Å². The van der Waals surface area contributed by atoms with Gasteiger partial charge in [0, 0.05) is 38.9 Å². The summed E-state index contributed by atoms with van der Waals surface area (Å²) in [5.41, 5.74) is 2.08. The summed E-state index contributed by atoms with van der Waals surface area (Å²) in [4.78, 5) is 11.5. The minimum absolute atomic E-state index is 0.0636. The highest BCUT2D eigenvalue weighted by molar-refractivity contribution is 5.75. The van der Waals surface area contributed by atoms with E-state index in [0.717, 1.165) is 17.8 Å². The molecule has 0 bridgehead atoms.